The first kappa shape index (κ1) is 20.0. The van der Waals surface area contributed by atoms with Gasteiger partial charge < -0.3 is 20.3 Å². The van der Waals surface area contributed by atoms with Crippen molar-refractivity contribution in [1.29, 1.82) is 0 Å². The number of methoxy groups -OCH3 is 1. The van der Waals surface area contributed by atoms with Crippen LogP contribution in [0.15, 0.2) is 41.5 Å². The molecule has 0 saturated carbocycles. The molecule has 0 radical (unpaired) electrons. The number of hydrogen-bond donors (Lipinski definition) is 2. The Morgan fingerprint density at radius 2 is 2.00 bits per heavy atom. The van der Waals surface area contributed by atoms with Crippen molar-refractivity contribution in [2.45, 2.75) is 32.7 Å². The average molecular weight is 382 g/mol. The van der Waals surface area contributed by atoms with Gasteiger partial charge in [0.2, 0.25) is 0 Å². The number of hydrogen-bond acceptors (Lipinski definition) is 4. The van der Waals surface area contributed by atoms with Crippen LogP contribution in [0.5, 0.6) is 5.75 Å². The molecule has 0 amide bonds. The number of anilines is 1. The molecule has 1 fully saturated rings. The highest BCUT2D eigenvalue weighted by molar-refractivity contribution is 5.79. The van der Waals surface area contributed by atoms with E-state index in [1.54, 1.807) is 14.2 Å². The Morgan fingerprint density at radius 3 is 2.75 bits per heavy atom. The van der Waals surface area contributed by atoms with Crippen LogP contribution in [-0.4, -0.2) is 44.7 Å². The molecule has 2 N–H and O–H groups in total. The molecule has 2 heterocycles. The van der Waals surface area contributed by atoms with Crippen LogP contribution < -0.4 is 20.3 Å². The van der Waals surface area contributed by atoms with Crippen molar-refractivity contribution in [3.63, 3.8) is 0 Å². The monoisotopic (exact) mass is 381 g/mol. The van der Waals surface area contributed by atoms with Crippen LogP contribution in [0.2, 0.25) is 0 Å². The number of aliphatic imine (C=N–C) groups is 1. The minimum atomic E-state index is 0.719. The molecule has 28 heavy (non-hydrogen) atoms. The minimum absolute atomic E-state index is 0.719. The Kier molecular flexibility index (Phi) is 7.12. The van der Waals surface area contributed by atoms with Crippen molar-refractivity contribution < 1.29 is 4.74 Å². The highest BCUT2D eigenvalue weighted by Crippen LogP contribution is 2.20. The molecule has 0 unspecified atom stereocenters. The van der Waals surface area contributed by atoms with Crippen LogP contribution in [0.1, 0.15) is 29.5 Å². The number of pyridine rings is 1. The van der Waals surface area contributed by atoms with Gasteiger partial charge in [0.25, 0.3) is 0 Å². The summed E-state index contributed by atoms with van der Waals surface area (Å²) in [7, 11) is 3.51. The molecule has 1 aromatic carbocycles. The zero-order valence-corrected chi connectivity index (χ0v) is 17.2. The fourth-order valence-corrected chi connectivity index (χ4v) is 3.51. The van der Waals surface area contributed by atoms with Gasteiger partial charge in [-0.05, 0) is 55.5 Å². The summed E-state index contributed by atoms with van der Waals surface area (Å²) in [5.41, 5.74) is 3.65. The van der Waals surface area contributed by atoms with Crippen LogP contribution in [0.3, 0.4) is 0 Å². The summed E-state index contributed by atoms with van der Waals surface area (Å²) in [6.45, 7) is 5.82. The maximum absolute atomic E-state index is 5.46. The third-order valence-corrected chi connectivity index (χ3v) is 5.05. The summed E-state index contributed by atoms with van der Waals surface area (Å²) in [6.07, 6.45) is 5.28. The third kappa shape index (κ3) is 5.38. The molecule has 1 aliphatic heterocycles. The minimum Gasteiger partial charge on any atom is -0.496 e. The van der Waals surface area contributed by atoms with Crippen LogP contribution in [-0.2, 0) is 13.0 Å². The largest absolute Gasteiger partial charge is 0.496 e. The van der Waals surface area contributed by atoms with Gasteiger partial charge in [-0.15, -0.1) is 0 Å². The van der Waals surface area contributed by atoms with Crippen molar-refractivity contribution >= 4 is 11.8 Å². The van der Waals surface area contributed by atoms with E-state index < -0.39 is 0 Å². The van der Waals surface area contributed by atoms with Gasteiger partial charge in [0.15, 0.2) is 5.96 Å². The number of ether oxygens (including phenoxy) is 1. The lowest BCUT2D eigenvalue weighted by Crippen LogP contribution is -2.37. The fourth-order valence-electron chi connectivity index (χ4n) is 3.51. The lowest BCUT2D eigenvalue weighted by atomic mass is 10.1. The Bertz CT molecular complexity index is 799. The van der Waals surface area contributed by atoms with Crippen molar-refractivity contribution in [2.75, 3.05) is 38.7 Å². The Labute approximate surface area is 168 Å². The molecule has 6 heteroatoms. The first-order valence-electron chi connectivity index (χ1n) is 9.97. The second-order valence-electron chi connectivity index (χ2n) is 7.13. The summed E-state index contributed by atoms with van der Waals surface area (Å²) >= 11 is 0. The summed E-state index contributed by atoms with van der Waals surface area (Å²) in [6, 6.07) is 10.5. The lowest BCUT2D eigenvalue weighted by molar-refractivity contribution is 0.409. The highest BCUT2D eigenvalue weighted by atomic mass is 16.5. The molecule has 1 aromatic heterocycles. The van der Waals surface area contributed by atoms with Crippen LogP contribution in [0.4, 0.5) is 5.82 Å². The molecule has 3 rings (SSSR count). The van der Waals surface area contributed by atoms with Gasteiger partial charge in [0.05, 0.1) is 7.11 Å². The van der Waals surface area contributed by atoms with E-state index in [1.807, 2.05) is 12.3 Å². The maximum Gasteiger partial charge on any atom is 0.191 e. The number of guanidine groups is 1. The van der Waals surface area contributed by atoms with E-state index in [9.17, 15) is 0 Å². The quantitative estimate of drug-likeness (QED) is 0.570. The van der Waals surface area contributed by atoms with E-state index in [4.69, 9.17) is 4.74 Å². The number of benzene rings is 1. The first-order valence-corrected chi connectivity index (χ1v) is 9.97. The smallest absolute Gasteiger partial charge is 0.191 e. The molecular formula is C22H31N5O. The van der Waals surface area contributed by atoms with Gasteiger partial charge in [0, 0.05) is 39.4 Å². The number of nitrogens with zero attached hydrogens (tertiary/aromatic N) is 3. The van der Waals surface area contributed by atoms with E-state index in [2.05, 4.69) is 56.7 Å². The van der Waals surface area contributed by atoms with Crippen LogP contribution in [0, 0.1) is 6.92 Å². The van der Waals surface area contributed by atoms with E-state index in [-0.39, 0.29) is 0 Å². The van der Waals surface area contributed by atoms with Crippen LogP contribution >= 0.6 is 0 Å². The fraction of sp³-hybridized carbons (Fsp3) is 0.455. The van der Waals surface area contributed by atoms with Gasteiger partial charge in [-0.3, -0.25) is 4.99 Å². The van der Waals surface area contributed by atoms with Gasteiger partial charge in [-0.1, -0.05) is 17.7 Å². The number of nitrogens with one attached hydrogen (secondary N) is 2. The highest BCUT2D eigenvalue weighted by Gasteiger charge is 2.13. The van der Waals surface area contributed by atoms with E-state index in [0.717, 1.165) is 50.1 Å². The molecule has 1 aliphatic rings. The molecule has 150 valence electrons. The summed E-state index contributed by atoms with van der Waals surface area (Å²) < 4.78 is 5.46. The van der Waals surface area contributed by atoms with E-state index in [1.165, 1.54) is 29.5 Å². The second kappa shape index (κ2) is 9.97. The second-order valence-corrected chi connectivity index (χ2v) is 7.13. The molecule has 1 saturated heterocycles. The molecule has 0 aliphatic carbocycles. The van der Waals surface area contributed by atoms with Gasteiger partial charge in [-0.25, -0.2) is 4.98 Å². The standard InChI is InChI=1S/C22H31N5O/c1-17-6-7-20(28-3)19(14-17)9-11-25-22(23-2)26-16-18-8-10-24-21(15-18)27-12-4-5-13-27/h6-8,10,14-15H,4-5,9,11-13,16H2,1-3H3,(H2,23,25,26). The average Bonchev–Trinajstić information content (AvgIpc) is 3.26. The summed E-state index contributed by atoms with van der Waals surface area (Å²) in [5.74, 6) is 2.80. The zero-order valence-electron chi connectivity index (χ0n) is 17.2. The van der Waals surface area contributed by atoms with Crippen molar-refractivity contribution in [2.24, 2.45) is 4.99 Å². The SMILES string of the molecule is CN=C(NCCc1cc(C)ccc1OC)NCc1ccnc(N2CCCC2)c1. The predicted molar refractivity (Wildman–Crippen MR) is 115 cm³/mol. The molecule has 0 atom stereocenters. The topological polar surface area (TPSA) is 61.8 Å². The number of aromatic nitrogens is 1. The normalized spacial score (nSPS) is 14.2. The summed E-state index contributed by atoms with van der Waals surface area (Å²) in [4.78, 5) is 11.2. The van der Waals surface area contributed by atoms with E-state index in [0.29, 0.717) is 0 Å². The van der Waals surface area contributed by atoms with Gasteiger partial charge in [0.1, 0.15) is 11.6 Å². The van der Waals surface area contributed by atoms with Gasteiger partial charge >= 0.3 is 0 Å². The van der Waals surface area contributed by atoms with Gasteiger partial charge in [-0.2, -0.15) is 0 Å². The predicted octanol–water partition coefficient (Wildman–Crippen LogP) is 2.91. The van der Waals surface area contributed by atoms with Crippen molar-refractivity contribution in [3.05, 3.63) is 53.2 Å². The van der Waals surface area contributed by atoms with Crippen molar-refractivity contribution in [1.82, 2.24) is 15.6 Å². The molecule has 0 bridgehead atoms. The van der Waals surface area contributed by atoms with Crippen LogP contribution in [0.25, 0.3) is 0 Å². The Morgan fingerprint density at radius 1 is 1.18 bits per heavy atom. The first-order chi connectivity index (χ1) is 13.7. The summed E-state index contributed by atoms with van der Waals surface area (Å²) in [5, 5.41) is 6.78. The van der Waals surface area contributed by atoms with E-state index >= 15 is 0 Å². The molecular weight excluding hydrogens is 350 g/mol. The third-order valence-electron chi connectivity index (χ3n) is 5.05. The lowest BCUT2D eigenvalue weighted by Gasteiger charge is -2.17. The Hall–Kier alpha value is -2.76. The van der Waals surface area contributed by atoms with Crippen molar-refractivity contribution in [3.8, 4) is 5.75 Å². The number of aryl methyl sites for hydroxylation is 1. The zero-order chi connectivity index (χ0) is 19.8. The Balaban J connectivity index is 1.50. The maximum atomic E-state index is 5.46. The number of rotatable bonds is 7. The molecule has 2 aromatic rings. The molecule has 6 nitrogen and oxygen atoms in total. The molecule has 0 spiro atoms.